The Kier molecular flexibility index (Phi) is 5.10. The van der Waals surface area contributed by atoms with Gasteiger partial charge in [0.15, 0.2) is 5.16 Å². The van der Waals surface area contributed by atoms with E-state index in [9.17, 15) is 9.59 Å². The minimum atomic E-state index is -0.263. The number of rotatable bonds is 4. The summed E-state index contributed by atoms with van der Waals surface area (Å²) in [5.41, 5.74) is 1.24. The highest BCUT2D eigenvalue weighted by Gasteiger charge is 2.25. The molecule has 0 radical (unpaired) electrons. The minimum absolute atomic E-state index is 0.0281. The Morgan fingerprint density at radius 1 is 1.27 bits per heavy atom. The van der Waals surface area contributed by atoms with Crippen LogP contribution in [0.3, 0.4) is 0 Å². The number of thiophene rings is 1. The first-order valence-electron chi connectivity index (χ1n) is 9.53. The van der Waals surface area contributed by atoms with Crippen LogP contribution in [0.5, 0.6) is 0 Å². The van der Waals surface area contributed by atoms with Crippen molar-refractivity contribution < 1.29 is 4.79 Å². The van der Waals surface area contributed by atoms with Crippen LogP contribution in [0.4, 0.5) is 0 Å². The fourth-order valence-electron chi connectivity index (χ4n) is 3.97. The Balaban J connectivity index is 1.59. The second kappa shape index (κ2) is 7.35. The topological polar surface area (TPSA) is 64.0 Å². The molecule has 1 saturated carbocycles. The monoisotopic (exact) mass is 391 g/mol. The average molecular weight is 392 g/mol. The van der Waals surface area contributed by atoms with Crippen molar-refractivity contribution in [3.05, 3.63) is 20.8 Å². The normalized spacial score (nSPS) is 18.8. The van der Waals surface area contributed by atoms with Gasteiger partial charge in [-0.2, -0.15) is 0 Å². The third-order valence-electron chi connectivity index (χ3n) is 5.51. The van der Waals surface area contributed by atoms with Crippen LogP contribution in [0.15, 0.2) is 9.95 Å². The van der Waals surface area contributed by atoms with E-state index in [1.165, 1.54) is 41.5 Å². The first-order chi connectivity index (χ1) is 12.5. The third kappa shape index (κ3) is 3.31. The van der Waals surface area contributed by atoms with Gasteiger partial charge in [0.05, 0.1) is 10.6 Å². The van der Waals surface area contributed by atoms with E-state index < -0.39 is 0 Å². The van der Waals surface area contributed by atoms with Crippen molar-refractivity contribution in [3.63, 3.8) is 0 Å². The summed E-state index contributed by atoms with van der Waals surface area (Å²) in [6.45, 7) is 1.89. The number of amides is 1. The summed E-state index contributed by atoms with van der Waals surface area (Å²) < 4.78 is 1.62. The molecule has 0 aromatic carbocycles. The van der Waals surface area contributed by atoms with E-state index in [0.717, 1.165) is 42.3 Å². The molecule has 140 valence electrons. The lowest BCUT2D eigenvalue weighted by atomic mass is 9.97. The smallest absolute Gasteiger partial charge is 0.262 e. The number of fused-ring (bicyclic) bond motifs is 3. The van der Waals surface area contributed by atoms with E-state index in [4.69, 9.17) is 4.98 Å². The van der Waals surface area contributed by atoms with Gasteiger partial charge in [0.2, 0.25) is 5.91 Å². The Hall–Kier alpha value is -1.34. The summed E-state index contributed by atoms with van der Waals surface area (Å²) in [6.07, 6.45) is 8.93. The van der Waals surface area contributed by atoms with Crippen molar-refractivity contribution in [1.29, 1.82) is 0 Å². The molecule has 5 nitrogen and oxygen atoms in total. The van der Waals surface area contributed by atoms with Gasteiger partial charge in [-0.3, -0.25) is 14.2 Å². The van der Waals surface area contributed by atoms with Gasteiger partial charge in [-0.25, -0.2) is 4.98 Å². The van der Waals surface area contributed by atoms with Crippen molar-refractivity contribution in [2.45, 2.75) is 74.7 Å². The number of hydrogen-bond acceptors (Lipinski definition) is 5. The van der Waals surface area contributed by atoms with Crippen LogP contribution in [-0.2, 0) is 24.7 Å². The zero-order valence-electron chi connectivity index (χ0n) is 15.3. The SMILES string of the molecule is CC(Sc1nc2sc3c(c2c(=O)n1C)CCCC3)C(=O)NC1CCCC1. The van der Waals surface area contributed by atoms with Crippen LogP contribution in [-0.4, -0.2) is 26.8 Å². The molecule has 2 aromatic heterocycles. The first-order valence-corrected chi connectivity index (χ1v) is 11.2. The molecular weight excluding hydrogens is 366 g/mol. The molecule has 2 aliphatic carbocycles. The standard InChI is InChI=1S/C19H25N3O2S2/c1-11(16(23)20-12-7-3-4-8-12)25-19-21-17-15(18(24)22(19)2)13-9-5-6-10-14(13)26-17/h11-12H,3-10H2,1-2H3,(H,20,23). The minimum Gasteiger partial charge on any atom is -0.352 e. The molecule has 26 heavy (non-hydrogen) atoms. The number of hydrogen-bond donors (Lipinski definition) is 1. The number of aryl methyl sites for hydroxylation is 2. The first kappa shape index (κ1) is 18.0. The predicted octanol–water partition coefficient (Wildman–Crippen LogP) is 3.41. The van der Waals surface area contributed by atoms with E-state index in [2.05, 4.69) is 5.32 Å². The molecular formula is C19H25N3O2S2. The fraction of sp³-hybridized carbons (Fsp3) is 0.632. The van der Waals surface area contributed by atoms with Gasteiger partial charge in [-0.1, -0.05) is 24.6 Å². The maximum Gasteiger partial charge on any atom is 0.262 e. The second-order valence-electron chi connectivity index (χ2n) is 7.40. The Bertz CT molecular complexity index is 896. The Morgan fingerprint density at radius 3 is 2.77 bits per heavy atom. The summed E-state index contributed by atoms with van der Waals surface area (Å²) in [5.74, 6) is 0.0433. The van der Waals surface area contributed by atoms with Crippen molar-refractivity contribution in [3.8, 4) is 0 Å². The highest BCUT2D eigenvalue weighted by Crippen LogP contribution is 2.35. The van der Waals surface area contributed by atoms with Gasteiger partial charge in [-0.05, 0) is 51.0 Å². The molecule has 2 heterocycles. The van der Waals surface area contributed by atoms with Gasteiger partial charge in [0, 0.05) is 18.0 Å². The number of carbonyl (C=O) groups excluding carboxylic acids is 1. The average Bonchev–Trinajstić information content (AvgIpc) is 3.26. The van der Waals surface area contributed by atoms with Crippen LogP contribution in [0, 0.1) is 0 Å². The third-order valence-corrected chi connectivity index (χ3v) is 7.84. The van der Waals surface area contributed by atoms with E-state index in [1.54, 1.807) is 23.0 Å². The predicted molar refractivity (Wildman–Crippen MR) is 107 cm³/mol. The molecule has 1 unspecified atom stereocenters. The molecule has 1 fully saturated rings. The quantitative estimate of drug-likeness (QED) is 0.641. The van der Waals surface area contributed by atoms with Crippen LogP contribution < -0.4 is 10.9 Å². The second-order valence-corrected chi connectivity index (χ2v) is 9.79. The van der Waals surface area contributed by atoms with Crippen molar-refractivity contribution in [1.82, 2.24) is 14.9 Å². The van der Waals surface area contributed by atoms with Gasteiger partial charge in [0.25, 0.3) is 5.56 Å². The Labute approximate surface area is 161 Å². The highest BCUT2D eigenvalue weighted by atomic mass is 32.2. The fourth-order valence-corrected chi connectivity index (χ4v) is 6.16. The largest absolute Gasteiger partial charge is 0.352 e. The van der Waals surface area contributed by atoms with Gasteiger partial charge in [0.1, 0.15) is 4.83 Å². The lowest BCUT2D eigenvalue weighted by Crippen LogP contribution is -2.38. The molecule has 0 bridgehead atoms. The van der Waals surface area contributed by atoms with Crippen LogP contribution in [0.2, 0.25) is 0 Å². The van der Waals surface area contributed by atoms with E-state index in [-0.39, 0.29) is 16.7 Å². The lowest BCUT2D eigenvalue weighted by molar-refractivity contribution is -0.120. The number of aromatic nitrogens is 2. The molecule has 1 N–H and O–H groups in total. The molecule has 1 atom stereocenters. The van der Waals surface area contributed by atoms with Gasteiger partial charge in [-0.15, -0.1) is 11.3 Å². The number of nitrogens with one attached hydrogen (secondary N) is 1. The van der Waals surface area contributed by atoms with E-state index in [0.29, 0.717) is 11.2 Å². The zero-order chi connectivity index (χ0) is 18.3. The van der Waals surface area contributed by atoms with E-state index >= 15 is 0 Å². The summed E-state index contributed by atoms with van der Waals surface area (Å²) in [6, 6.07) is 0.314. The highest BCUT2D eigenvalue weighted by molar-refractivity contribution is 8.00. The lowest BCUT2D eigenvalue weighted by Gasteiger charge is -2.17. The van der Waals surface area contributed by atoms with Gasteiger partial charge < -0.3 is 5.32 Å². The number of thioether (sulfide) groups is 1. The van der Waals surface area contributed by atoms with Crippen LogP contribution >= 0.6 is 23.1 Å². The van der Waals surface area contributed by atoms with Crippen molar-refractivity contribution in [2.75, 3.05) is 0 Å². The molecule has 2 aromatic rings. The van der Waals surface area contributed by atoms with Crippen LogP contribution in [0.25, 0.3) is 10.2 Å². The molecule has 2 aliphatic rings. The van der Waals surface area contributed by atoms with Crippen molar-refractivity contribution in [2.24, 2.45) is 7.05 Å². The number of nitrogens with zero attached hydrogens (tertiary/aromatic N) is 2. The molecule has 0 aliphatic heterocycles. The molecule has 7 heteroatoms. The molecule has 0 saturated heterocycles. The summed E-state index contributed by atoms with van der Waals surface area (Å²) >= 11 is 3.04. The summed E-state index contributed by atoms with van der Waals surface area (Å²) in [7, 11) is 1.77. The number of carbonyl (C=O) groups is 1. The van der Waals surface area contributed by atoms with Gasteiger partial charge >= 0.3 is 0 Å². The van der Waals surface area contributed by atoms with Crippen LogP contribution in [0.1, 0.15) is 55.9 Å². The molecule has 1 amide bonds. The summed E-state index contributed by atoms with van der Waals surface area (Å²) in [5, 5.41) is 4.31. The Morgan fingerprint density at radius 2 is 2.00 bits per heavy atom. The van der Waals surface area contributed by atoms with Crippen molar-refractivity contribution >= 4 is 39.2 Å². The molecule has 0 spiro atoms. The summed E-state index contributed by atoms with van der Waals surface area (Å²) in [4.78, 5) is 32.3. The zero-order valence-corrected chi connectivity index (χ0v) is 17.0. The van der Waals surface area contributed by atoms with E-state index in [1.807, 2.05) is 6.92 Å². The maximum atomic E-state index is 12.9. The maximum absolute atomic E-state index is 12.9. The molecule has 4 rings (SSSR count).